The molecule has 3 N–H and O–H groups in total. The van der Waals surface area contributed by atoms with Gasteiger partial charge < -0.3 is 20.5 Å². The van der Waals surface area contributed by atoms with Gasteiger partial charge in [-0.25, -0.2) is 4.79 Å². The van der Waals surface area contributed by atoms with Crippen LogP contribution >= 0.6 is 0 Å². The van der Waals surface area contributed by atoms with E-state index in [1.165, 1.54) is 4.90 Å². The number of aliphatic hydroxyl groups excluding tert-OH is 1. The lowest BCUT2D eigenvalue weighted by atomic mass is 10.0. The summed E-state index contributed by atoms with van der Waals surface area (Å²) in [7, 11) is 0. The van der Waals surface area contributed by atoms with E-state index >= 15 is 0 Å². The van der Waals surface area contributed by atoms with Crippen LogP contribution in [0.5, 0.6) is 0 Å². The first-order valence-corrected chi connectivity index (χ1v) is 8.75. The molecule has 25 heavy (non-hydrogen) atoms. The second kappa shape index (κ2) is 9.03. The number of amides is 3. The predicted octanol–water partition coefficient (Wildman–Crippen LogP) is 0.635. The molecule has 1 rings (SSSR count). The van der Waals surface area contributed by atoms with E-state index in [-0.39, 0.29) is 30.9 Å². The summed E-state index contributed by atoms with van der Waals surface area (Å²) in [5.74, 6) is -0.834. The zero-order valence-electron chi connectivity index (χ0n) is 15.8. The highest BCUT2D eigenvalue weighted by Crippen LogP contribution is 2.21. The Morgan fingerprint density at radius 2 is 1.92 bits per heavy atom. The molecule has 3 amide bonds. The molecule has 0 aromatic carbocycles. The SMILES string of the molecule is CC(C)[C@@H](NC(=O)[C@@H]1CCCN1C(=O)OC(C)(C)C)C(=O)NCCO. The number of aliphatic hydroxyl groups is 1. The summed E-state index contributed by atoms with van der Waals surface area (Å²) in [6.07, 6.45) is 0.727. The molecule has 1 heterocycles. The molecule has 0 aliphatic carbocycles. The quantitative estimate of drug-likeness (QED) is 0.646. The van der Waals surface area contributed by atoms with Gasteiger partial charge >= 0.3 is 6.09 Å². The summed E-state index contributed by atoms with van der Waals surface area (Å²) in [4.78, 5) is 38.5. The molecule has 8 heteroatoms. The third kappa shape index (κ3) is 6.53. The Kier molecular flexibility index (Phi) is 7.66. The fourth-order valence-corrected chi connectivity index (χ4v) is 2.65. The normalized spacial score (nSPS) is 18.8. The van der Waals surface area contributed by atoms with Crippen molar-refractivity contribution in [2.75, 3.05) is 19.7 Å². The Balaban J connectivity index is 2.75. The minimum Gasteiger partial charge on any atom is -0.444 e. The van der Waals surface area contributed by atoms with Crippen LogP contribution in [-0.2, 0) is 14.3 Å². The van der Waals surface area contributed by atoms with Crippen LogP contribution in [0.4, 0.5) is 4.79 Å². The Morgan fingerprint density at radius 3 is 2.44 bits per heavy atom. The van der Waals surface area contributed by atoms with Gasteiger partial charge in [-0.05, 0) is 39.5 Å². The summed E-state index contributed by atoms with van der Waals surface area (Å²) in [5.41, 5.74) is -0.634. The average Bonchev–Trinajstić information content (AvgIpc) is 2.97. The Hall–Kier alpha value is -1.83. The summed E-state index contributed by atoms with van der Waals surface area (Å²) >= 11 is 0. The minimum atomic E-state index is -0.722. The smallest absolute Gasteiger partial charge is 0.410 e. The van der Waals surface area contributed by atoms with Gasteiger partial charge in [-0.15, -0.1) is 0 Å². The monoisotopic (exact) mass is 357 g/mol. The summed E-state index contributed by atoms with van der Waals surface area (Å²) < 4.78 is 5.35. The van der Waals surface area contributed by atoms with Crippen molar-refractivity contribution in [3.05, 3.63) is 0 Å². The van der Waals surface area contributed by atoms with E-state index in [0.717, 1.165) is 0 Å². The number of ether oxygens (including phenoxy) is 1. The first-order valence-electron chi connectivity index (χ1n) is 8.75. The van der Waals surface area contributed by atoms with E-state index in [1.807, 2.05) is 13.8 Å². The highest BCUT2D eigenvalue weighted by Gasteiger charge is 2.38. The highest BCUT2D eigenvalue weighted by atomic mass is 16.6. The molecule has 0 radical (unpaired) electrons. The number of hydrogen-bond donors (Lipinski definition) is 3. The van der Waals surface area contributed by atoms with Gasteiger partial charge in [0.05, 0.1) is 6.61 Å². The van der Waals surface area contributed by atoms with E-state index in [1.54, 1.807) is 20.8 Å². The van der Waals surface area contributed by atoms with Crippen LogP contribution in [0.3, 0.4) is 0 Å². The molecule has 2 atom stereocenters. The first-order chi connectivity index (χ1) is 11.6. The first kappa shape index (κ1) is 21.2. The van der Waals surface area contributed by atoms with Crippen LogP contribution < -0.4 is 10.6 Å². The number of likely N-dealkylation sites (tertiary alicyclic amines) is 1. The van der Waals surface area contributed by atoms with Crippen LogP contribution in [0.1, 0.15) is 47.5 Å². The number of nitrogens with one attached hydrogen (secondary N) is 2. The molecule has 0 saturated carbocycles. The Bertz CT molecular complexity index is 487. The zero-order chi connectivity index (χ0) is 19.2. The summed E-state index contributed by atoms with van der Waals surface area (Å²) in [5, 5.41) is 14.1. The predicted molar refractivity (Wildman–Crippen MR) is 92.8 cm³/mol. The number of nitrogens with zero attached hydrogens (tertiary/aromatic N) is 1. The van der Waals surface area contributed by atoms with E-state index in [9.17, 15) is 14.4 Å². The van der Waals surface area contributed by atoms with E-state index < -0.39 is 23.8 Å². The second-order valence-electron chi connectivity index (χ2n) is 7.58. The van der Waals surface area contributed by atoms with Gasteiger partial charge in [-0.3, -0.25) is 14.5 Å². The standard InChI is InChI=1S/C17H31N3O5/c1-11(2)13(15(23)18-8-10-21)19-14(22)12-7-6-9-20(12)16(24)25-17(3,4)5/h11-13,21H,6-10H2,1-5H3,(H,18,23)(H,19,22)/t12-,13+/m0/s1. The Morgan fingerprint density at radius 1 is 1.28 bits per heavy atom. The van der Waals surface area contributed by atoms with Crippen molar-refractivity contribution in [3.63, 3.8) is 0 Å². The van der Waals surface area contributed by atoms with Crippen molar-refractivity contribution in [3.8, 4) is 0 Å². The van der Waals surface area contributed by atoms with Gasteiger partial charge in [0.1, 0.15) is 17.7 Å². The largest absolute Gasteiger partial charge is 0.444 e. The fourth-order valence-electron chi connectivity index (χ4n) is 2.65. The maximum absolute atomic E-state index is 12.6. The number of hydrogen-bond acceptors (Lipinski definition) is 5. The van der Waals surface area contributed by atoms with Crippen molar-refractivity contribution >= 4 is 17.9 Å². The molecule has 0 bridgehead atoms. The van der Waals surface area contributed by atoms with E-state index in [4.69, 9.17) is 9.84 Å². The van der Waals surface area contributed by atoms with Crippen molar-refractivity contribution in [2.24, 2.45) is 5.92 Å². The second-order valence-corrected chi connectivity index (χ2v) is 7.58. The van der Waals surface area contributed by atoms with Crippen molar-refractivity contribution in [2.45, 2.75) is 65.1 Å². The van der Waals surface area contributed by atoms with Crippen molar-refractivity contribution < 1.29 is 24.2 Å². The maximum atomic E-state index is 12.6. The highest BCUT2D eigenvalue weighted by molar-refractivity contribution is 5.91. The van der Waals surface area contributed by atoms with Gasteiger partial charge in [0.25, 0.3) is 0 Å². The van der Waals surface area contributed by atoms with Gasteiger partial charge in [0.15, 0.2) is 0 Å². The molecule has 1 aliphatic rings. The van der Waals surface area contributed by atoms with Gasteiger partial charge in [-0.2, -0.15) is 0 Å². The van der Waals surface area contributed by atoms with Gasteiger partial charge in [0, 0.05) is 13.1 Å². The minimum absolute atomic E-state index is 0.126. The molecular weight excluding hydrogens is 326 g/mol. The third-order valence-electron chi connectivity index (χ3n) is 3.84. The molecule has 144 valence electrons. The summed E-state index contributed by atoms with van der Waals surface area (Å²) in [6.45, 7) is 9.39. The maximum Gasteiger partial charge on any atom is 0.410 e. The molecule has 1 saturated heterocycles. The molecule has 0 aromatic rings. The lowest BCUT2D eigenvalue weighted by Gasteiger charge is -2.29. The van der Waals surface area contributed by atoms with Crippen LogP contribution in [0.2, 0.25) is 0 Å². The zero-order valence-corrected chi connectivity index (χ0v) is 15.8. The Labute approximate surface area is 149 Å². The number of rotatable bonds is 6. The van der Waals surface area contributed by atoms with Crippen LogP contribution in [0, 0.1) is 5.92 Å². The summed E-state index contributed by atoms with van der Waals surface area (Å²) in [6, 6.07) is -1.36. The molecule has 0 spiro atoms. The average molecular weight is 357 g/mol. The van der Waals surface area contributed by atoms with E-state index in [2.05, 4.69) is 10.6 Å². The molecule has 1 aliphatic heterocycles. The van der Waals surface area contributed by atoms with Crippen LogP contribution in [0.25, 0.3) is 0 Å². The van der Waals surface area contributed by atoms with E-state index in [0.29, 0.717) is 19.4 Å². The molecule has 0 aromatic heterocycles. The van der Waals surface area contributed by atoms with Crippen LogP contribution in [-0.4, -0.2) is 65.3 Å². The lowest BCUT2D eigenvalue weighted by Crippen LogP contribution is -2.55. The lowest BCUT2D eigenvalue weighted by molar-refractivity contribution is -0.132. The number of carbonyl (C=O) groups is 3. The molecule has 1 fully saturated rings. The van der Waals surface area contributed by atoms with Crippen molar-refractivity contribution in [1.29, 1.82) is 0 Å². The molecule has 0 unspecified atom stereocenters. The molecule has 8 nitrogen and oxygen atoms in total. The third-order valence-corrected chi connectivity index (χ3v) is 3.84. The van der Waals surface area contributed by atoms with Crippen molar-refractivity contribution in [1.82, 2.24) is 15.5 Å². The topological polar surface area (TPSA) is 108 Å². The molecular formula is C17H31N3O5. The fraction of sp³-hybridized carbons (Fsp3) is 0.824. The number of carbonyl (C=O) groups excluding carboxylic acids is 3. The van der Waals surface area contributed by atoms with Gasteiger partial charge in [0.2, 0.25) is 11.8 Å². The van der Waals surface area contributed by atoms with Crippen LogP contribution in [0.15, 0.2) is 0 Å². The van der Waals surface area contributed by atoms with Gasteiger partial charge in [-0.1, -0.05) is 13.8 Å².